The summed E-state index contributed by atoms with van der Waals surface area (Å²) >= 11 is 0. The quantitative estimate of drug-likeness (QED) is 0.616. The number of morpholine rings is 1. The van der Waals surface area contributed by atoms with E-state index in [0.29, 0.717) is 55.1 Å². The molecule has 1 aliphatic rings. The fraction of sp³-hybridized carbons (Fsp3) is 0.360. The first-order valence-corrected chi connectivity index (χ1v) is 11.0. The van der Waals surface area contributed by atoms with Crippen LogP contribution in [0.4, 0.5) is 16.0 Å². The lowest BCUT2D eigenvalue weighted by Crippen LogP contribution is -2.41. The molecule has 0 unspecified atom stereocenters. The number of amides is 1. The van der Waals surface area contributed by atoms with E-state index in [-0.39, 0.29) is 23.3 Å². The van der Waals surface area contributed by atoms with Gasteiger partial charge in [-0.2, -0.15) is 0 Å². The van der Waals surface area contributed by atoms with E-state index in [4.69, 9.17) is 9.15 Å². The largest absolute Gasteiger partial charge is 0.440 e. The normalized spacial score (nSPS) is 16.1. The number of nitrogens with zero attached hydrogens (tertiary/aromatic N) is 2. The molecule has 8 heteroatoms. The summed E-state index contributed by atoms with van der Waals surface area (Å²) in [7, 11) is 3.35. The third-order valence-corrected chi connectivity index (χ3v) is 5.67. The van der Waals surface area contributed by atoms with Crippen LogP contribution < -0.4 is 15.6 Å². The van der Waals surface area contributed by atoms with Crippen molar-refractivity contribution < 1.29 is 18.3 Å². The molecule has 2 aromatic carbocycles. The van der Waals surface area contributed by atoms with Gasteiger partial charge in [0.25, 0.3) is 5.91 Å². The van der Waals surface area contributed by atoms with Crippen molar-refractivity contribution in [2.24, 2.45) is 0 Å². The molecule has 1 aliphatic heterocycles. The second-order valence-electron chi connectivity index (χ2n) is 8.47. The maximum absolute atomic E-state index is 13.2. The van der Waals surface area contributed by atoms with Crippen LogP contribution >= 0.6 is 0 Å². The third kappa shape index (κ3) is 5.17. The molecule has 0 bridgehead atoms. The van der Waals surface area contributed by atoms with Gasteiger partial charge in [0, 0.05) is 51.0 Å². The Labute approximate surface area is 191 Å². The predicted octanol–water partition coefficient (Wildman–Crippen LogP) is 3.51. The average molecular weight is 454 g/mol. The number of fused-ring (bicyclic) bond motifs is 1. The Kier molecular flexibility index (Phi) is 6.65. The minimum Gasteiger partial charge on any atom is -0.440 e. The van der Waals surface area contributed by atoms with Gasteiger partial charge in [-0.15, -0.1) is 0 Å². The molecule has 33 heavy (non-hydrogen) atoms. The topological polar surface area (TPSA) is 75.0 Å². The number of rotatable bonds is 6. The molecule has 1 amide bonds. The van der Waals surface area contributed by atoms with E-state index in [2.05, 4.69) is 5.32 Å². The van der Waals surface area contributed by atoms with Crippen LogP contribution in [0.5, 0.6) is 0 Å². The number of hydrogen-bond donors (Lipinski definition) is 1. The lowest BCUT2D eigenvalue weighted by Gasteiger charge is -2.31. The number of hydrogen-bond acceptors (Lipinski definition) is 6. The number of benzene rings is 2. The maximum atomic E-state index is 13.2. The Morgan fingerprint density at radius 1 is 1.21 bits per heavy atom. The molecule has 1 fully saturated rings. The second-order valence-corrected chi connectivity index (χ2v) is 8.47. The van der Waals surface area contributed by atoms with E-state index >= 15 is 0 Å². The van der Waals surface area contributed by atoms with Gasteiger partial charge >= 0.3 is 0 Å². The van der Waals surface area contributed by atoms with Crippen LogP contribution in [0.1, 0.15) is 22.8 Å². The standard InChI is InChI=1S/C25H28FN3O4/c1-16-15-29(10-11-32-16)23-14-22(30)21-13-18(25(31)28(2)3)12-17(24(21)33-23)8-9-27-20-6-4-19(26)5-7-20/h4-7,12-14,16,27H,8-11,15H2,1-3H3/t16-/m0/s1. The lowest BCUT2D eigenvalue weighted by molar-refractivity contribution is 0.0517. The summed E-state index contributed by atoms with van der Waals surface area (Å²) in [6, 6.07) is 11.0. The highest BCUT2D eigenvalue weighted by Gasteiger charge is 2.22. The minimum atomic E-state index is -0.298. The van der Waals surface area contributed by atoms with Crippen LogP contribution in [-0.4, -0.2) is 57.2 Å². The van der Waals surface area contributed by atoms with Crippen LogP contribution in [0, 0.1) is 5.82 Å². The van der Waals surface area contributed by atoms with Gasteiger partial charge in [0.1, 0.15) is 11.4 Å². The molecular formula is C25H28FN3O4. The zero-order valence-corrected chi connectivity index (χ0v) is 19.1. The number of nitrogens with one attached hydrogen (secondary N) is 1. The lowest BCUT2D eigenvalue weighted by atomic mass is 10.0. The predicted molar refractivity (Wildman–Crippen MR) is 127 cm³/mol. The number of carbonyl (C=O) groups is 1. The summed E-state index contributed by atoms with van der Waals surface area (Å²) in [5, 5.41) is 3.63. The van der Waals surface area contributed by atoms with E-state index in [0.717, 1.165) is 11.3 Å². The van der Waals surface area contributed by atoms with E-state index in [1.54, 1.807) is 38.4 Å². The summed E-state index contributed by atoms with van der Waals surface area (Å²) in [4.78, 5) is 29.2. The molecule has 1 N–H and O–H groups in total. The molecule has 0 spiro atoms. The number of ether oxygens (including phenoxy) is 1. The van der Waals surface area contributed by atoms with Crippen molar-refractivity contribution in [2.45, 2.75) is 19.4 Å². The second kappa shape index (κ2) is 9.62. The Hall–Kier alpha value is -3.39. The summed E-state index contributed by atoms with van der Waals surface area (Å²) in [5.41, 5.74) is 2.27. The van der Waals surface area contributed by atoms with E-state index in [1.807, 2.05) is 11.8 Å². The summed E-state index contributed by atoms with van der Waals surface area (Å²) in [6.45, 7) is 4.33. The molecule has 174 valence electrons. The first-order chi connectivity index (χ1) is 15.8. The molecule has 0 radical (unpaired) electrons. The van der Waals surface area contributed by atoms with Gasteiger partial charge < -0.3 is 24.3 Å². The average Bonchev–Trinajstić information content (AvgIpc) is 2.80. The van der Waals surface area contributed by atoms with E-state index in [1.165, 1.54) is 23.1 Å². The Balaban J connectivity index is 1.70. The molecule has 1 atom stereocenters. The zero-order valence-electron chi connectivity index (χ0n) is 19.1. The number of carbonyl (C=O) groups excluding carboxylic acids is 1. The minimum absolute atomic E-state index is 0.0409. The number of anilines is 2. The fourth-order valence-corrected chi connectivity index (χ4v) is 3.97. The van der Waals surface area contributed by atoms with Crippen LogP contribution in [0.2, 0.25) is 0 Å². The van der Waals surface area contributed by atoms with E-state index < -0.39 is 0 Å². The van der Waals surface area contributed by atoms with Gasteiger partial charge in [0.15, 0.2) is 11.3 Å². The maximum Gasteiger partial charge on any atom is 0.253 e. The van der Waals surface area contributed by atoms with Crippen molar-refractivity contribution in [1.82, 2.24) is 4.90 Å². The highest BCUT2D eigenvalue weighted by atomic mass is 19.1. The van der Waals surface area contributed by atoms with Crippen molar-refractivity contribution in [3.63, 3.8) is 0 Å². The van der Waals surface area contributed by atoms with Gasteiger partial charge in [-0.25, -0.2) is 4.39 Å². The van der Waals surface area contributed by atoms with Crippen LogP contribution in [0.15, 0.2) is 51.7 Å². The summed E-state index contributed by atoms with van der Waals surface area (Å²) < 4.78 is 25.0. The smallest absolute Gasteiger partial charge is 0.253 e. The van der Waals surface area contributed by atoms with Gasteiger partial charge in [-0.3, -0.25) is 9.59 Å². The van der Waals surface area contributed by atoms with Gasteiger partial charge in [0.2, 0.25) is 0 Å². The van der Waals surface area contributed by atoms with Gasteiger partial charge in [-0.05, 0) is 55.3 Å². The van der Waals surface area contributed by atoms with Crippen molar-refractivity contribution in [3.05, 3.63) is 69.6 Å². The van der Waals surface area contributed by atoms with Gasteiger partial charge in [0.05, 0.1) is 18.1 Å². The molecule has 1 saturated heterocycles. The Morgan fingerprint density at radius 3 is 2.67 bits per heavy atom. The molecule has 1 aromatic heterocycles. The molecule has 3 aromatic rings. The first kappa shape index (κ1) is 22.8. The van der Waals surface area contributed by atoms with E-state index in [9.17, 15) is 14.0 Å². The monoisotopic (exact) mass is 453 g/mol. The molecule has 4 rings (SSSR count). The van der Waals surface area contributed by atoms with Crippen molar-refractivity contribution in [3.8, 4) is 0 Å². The molecule has 0 saturated carbocycles. The fourth-order valence-electron chi connectivity index (χ4n) is 3.97. The van der Waals surface area contributed by atoms with Crippen LogP contribution in [0.3, 0.4) is 0 Å². The molecule has 2 heterocycles. The SMILES string of the molecule is C[C@H]1CN(c2cc(=O)c3cc(C(=O)N(C)C)cc(CCNc4ccc(F)cc4)c3o2)CCO1. The van der Waals surface area contributed by atoms with Crippen molar-refractivity contribution >= 4 is 28.4 Å². The van der Waals surface area contributed by atoms with Crippen molar-refractivity contribution in [1.29, 1.82) is 0 Å². The zero-order chi connectivity index (χ0) is 23.5. The highest BCUT2D eigenvalue weighted by molar-refractivity contribution is 5.98. The Morgan fingerprint density at radius 2 is 1.97 bits per heavy atom. The molecular weight excluding hydrogens is 425 g/mol. The van der Waals surface area contributed by atoms with Crippen LogP contribution in [-0.2, 0) is 11.2 Å². The summed E-state index contributed by atoms with van der Waals surface area (Å²) in [6.07, 6.45) is 0.549. The van der Waals surface area contributed by atoms with Crippen LogP contribution in [0.25, 0.3) is 11.0 Å². The van der Waals surface area contributed by atoms with Gasteiger partial charge in [-0.1, -0.05) is 0 Å². The highest BCUT2D eigenvalue weighted by Crippen LogP contribution is 2.26. The third-order valence-electron chi connectivity index (χ3n) is 5.67. The first-order valence-electron chi connectivity index (χ1n) is 11.0. The molecule has 0 aliphatic carbocycles. The summed E-state index contributed by atoms with van der Waals surface area (Å²) in [5.74, 6) is 0.0189. The number of halogens is 1. The van der Waals surface area contributed by atoms with Crippen molar-refractivity contribution in [2.75, 3.05) is 50.6 Å². The molecule has 7 nitrogen and oxygen atoms in total. The Bertz CT molecular complexity index is 1210.